The predicted octanol–water partition coefficient (Wildman–Crippen LogP) is 3.05. The van der Waals surface area contributed by atoms with Crippen molar-refractivity contribution >= 4 is 0 Å². The summed E-state index contributed by atoms with van der Waals surface area (Å²) in [7, 11) is 2.18. The van der Waals surface area contributed by atoms with E-state index in [1.807, 2.05) is 30.5 Å². The number of piperidine rings is 1. The summed E-state index contributed by atoms with van der Waals surface area (Å²) in [5.41, 5.74) is 4.42. The lowest BCUT2D eigenvalue weighted by molar-refractivity contribution is 0.248. The third-order valence-electron chi connectivity index (χ3n) is 4.30. The van der Waals surface area contributed by atoms with Crippen LogP contribution in [0.2, 0.25) is 0 Å². The molecule has 0 bridgehead atoms. The lowest BCUT2D eigenvalue weighted by Gasteiger charge is -2.29. The van der Waals surface area contributed by atoms with Gasteiger partial charge in [0.25, 0.3) is 0 Å². The van der Waals surface area contributed by atoms with Gasteiger partial charge in [-0.3, -0.25) is 4.98 Å². The summed E-state index contributed by atoms with van der Waals surface area (Å²) in [4.78, 5) is 7.07. The second-order valence-electron chi connectivity index (χ2n) is 5.93. The Morgan fingerprint density at radius 2 is 1.90 bits per heavy atom. The van der Waals surface area contributed by atoms with E-state index in [0.717, 1.165) is 23.2 Å². The minimum Gasteiger partial charge on any atom is -0.392 e. The predicted molar refractivity (Wildman–Crippen MR) is 85.1 cm³/mol. The van der Waals surface area contributed by atoms with Crippen LogP contribution >= 0.6 is 0 Å². The summed E-state index contributed by atoms with van der Waals surface area (Å²) in [6, 6.07) is 12.3. The molecule has 1 aliphatic heterocycles. The Bertz CT molecular complexity index is 577. The van der Waals surface area contributed by atoms with Crippen LogP contribution in [0.1, 0.15) is 30.0 Å². The number of benzene rings is 1. The summed E-state index contributed by atoms with van der Waals surface area (Å²) in [5.74, 6) is 0.564. The first-order chi connectivity index (χ1) is 10.3. The van der Waals surface area contributed by atoms with Crippen LogP contribution in [0.5, 0.6) is 0 Å². The summed E-state index contributed by atoms with van der Waals surface area (Å²) >= 11 is 0. The highest BCUT2D eigenvalue weighted by atomic mass is 16.3. The number of hydrogen-bond acceptors (Lipinski definition) is 3. The van der Waals surface area contributed by atoms with Gasteiger partial charge in [-0.15, -0.1) is 0 Å². The van der Waals surface area contributed by atoms with E-state index in [2.05, 4.69) is 29.1 Å². The zero-order valence-corrected chi connectivity index (χ0v) is 12.5. The van der Waals surface area contributed by atoms with Crippen LogP contribution in [0.15, 0.2) is 42.6 Å². The molecule has 1 aromatic carbocycles. The Kier molecular flexibility index (Phi) is 4.32. The minimum atomic E-state index is 0.0899. The fraction of sp³-hybridized carbons (Fsp3) is 0.389. The van der Waals surface area contributed by atoms with Crippen LogP contribution in [0, 0.1) is 0 Å². The number of aliphatic hydroxyl groups is 1. The monoisotopic (exact) mass is 282 g/mol. The quantitative estimate of drug-likeness (QED) is 0.940. The molecule has 1 saturated heterocycles. The molecule has 0 spiro atoms. The molecule has 1 N–H and O–H groups in total. The highest BCUT2D eigenvalue weighted by molar-refractivity contribution is 5.62. The van der Waals surface area contributed by atoms with Crippen molar-refractivity contribution in [2.45, 2.75) is 25.4 Å². The van der Waals surface area contributed by atoms with Crippen LogP contribution in [-0.2, 0) is 6.61 Å². The minimum absolute atomic E-state index is 0.0899. The topological polar surface area (TPSA) is 36.4 Å². The second kappa shape index (κ2) is 6.37. The summed E-state index contributed by atoms with van der Waals surface area (Å²) in [6.45, 7) is 2.40. The van der Waals surface area contributed by atoms with Crippen LogP contribution in [-0.4, -0.2) is 35.1 Å². The number of aromatic nitrogens is 1. The van der Waals surface area contributed by atoms with E-state index >= 15 is 0 Å². The van der Waals surface area contributed by atoms with Crippen molar-refractivity contribution in [2.24, 2.45) is 0 Å². The number of nitrogens with zero attached hydrogens (tertiary/aromatic N) is 2. The van der Waals surface area contributed by atoms with E-state index in [0.29, 0.717) is 5.92 Å². The van der Waals surface area contributed by atoms with Gasteiger partial charge in [0, 0.05) is 29.9 Å². The Morgan fingerprint density at radius 3 is 2.52 bits per heavy atom. The zero-order valence-electron chi connectivity index (χ0n) is 12.5. The van der Waals surface area contributed by atoms with Gasteiger partial charge in [-0.25, -0.2) is 0 Å². The van der Waals surface area contributed by atoms with Crippen LogP contribution in [0.25, 0.3) is 11.1 Å². The van der Waals surface area contributed by atoms with Gasteiger partial charge in [-0.05, 0) is 43.6 Å². The summed E-state index contributed by atoms with van der Waals surface area (Å²) < 4.78 is 0. The van der Waals surface area contributed by atoms with E-state index in [4.69, 9.17) is 5.11 Å². The average Bonchev–Trinajstić information content (AvgIpc) is 2.55. The molecule has 1 atom stereocenters. The molecule has 110 valence electrons. The van der Waals surface area contributed by atoms with Gasteiger partial charge < -0.3 is 10.0 Å². The van der Waals surface area contributed by atoms with Gasteiger partial charge in [-0.2, -0.15) is 0 Å². The summed E-state index contributed by atoms with van der Waals surface area (Å²) in [6.07, 6.45) is 4.47. The highest BCUT2D eigenvalue weighted by Crippen LogP contribution is 2.26. The van der Waals surface area contributed by atoms with Crippen molar-refractivity contribution in [3.05, 3.63) is 53.9 Å². The van der Waals surface area contributed by atoms with Crippen molar-refractivity contribution in [1.29, 1.82) is 0 Å². The standard InChI is InChI=1S/C18H22N2O/c1-20-10-2-3-17(12-20)18-9-8-16(11-19-18)15-6-4-14(13-21)5-7-15/h4-9,11,17,21H,2-3,10,12-13H2,1H3/t17-/m1/s1. The van der Waals surface area contributed by atoms with Crippen LogP contribution in [0.3, 0.4) is 0 Å². The molecule has 2 heterocycles. The Morgan fingerprint density at radius 1 is 1.14 bits per heavy atom. The molecule has 21 heavy (non-hydrogen) atoms. The molecule has 0 radical (unpaired) electrons. The first kappa shape index (κ1) is 14.2. The molecule has 0 saturated carbocycles. The third kappa shape index (κ3) is 3.31. The zero-order chi connectivity index (χ0) is 14.7. The normalized spacial score (nSPS) is 19.6. The molecule has 1 fully saturated rings. The summed E-state index contributed by atoms with van der Waals surface area (Å²) in [5, 5.41) is 9.08. The van der Waals surface area contributed by atoms with Crippen LogP contribution < -0.4 is 0 Å². The molecule has 3 nitrogen and oxygen atoms in total. The van der Waals surface area contributed by atoms with Gasteiger partial charge in [-0.1, -0.05) is 30.3 Å². The largest absolute Gasteiger partial charge is 0.392 e. The molecule has 1 aromatic heterocycles. The molecule has 3 rings (SSSR count). The maximum atomic E-state index is 9.08. The van der Waals surface area contributed by atoms with E-state index in [9.17, 15) is 0 Å². The fourth-order valence-electron chi connectivity index (χ4n) is 3.03. The van der Waals surface area contributed by atoms with Crippen molar-refractivity contribution in [1.82, 2.24) is 9.88 Å². The number of likely N-dealkylation sites (tertiary alicyclic amines) is 1. The Hall–Kier alpha value is -1.71. The van der Waals surface area contributed by atoms with Gasteiger partial charge >= 0.3 is 0 Å². The lowest BCUT2D eigenvalue weighted by atomic mass is 9.94. The SMILES string of the molecule is CN1CCC[C@@H](c2ccc(-c3ccc(CO)cc3)cn2)C1. The van der Waals surface area contributed by atoms with Gasteiger partial charge in [0.2, 0.25) is 0 Å². The van der Waals surface area contributed by atoms with E-state index in [-0.39, 0.29) is 6.61 Å². The van der Waals surface area contributed by atoms with Crippen molar-refractivity contribution in [3.63, 3.8) is 0 Å². The van der Waals surface area contributed by atoms with Crippen LogP contribution in [0.4, 0.5) is 0 Å². The Labute approximate surface area is 126 Å². The molecule has 0 unspecified atom stereocenters. The van der Waals surface area contributed by atoms with Gasteiger partial charge in [0.05, 0.1) is 6.61 Å². The molecule has 0 aliphatic carbocycles. The molecular weight excluding hydrogens is 260 g/mol. The van der Waals surface area contributed by atoms with E-state index in [1.54, 1.807) is 0 Å². The Balaban J connectivity index is 1.76. The van der Waals surface area contributed by atoms with Crippen molar-refractivity contribution < 1.29 is 5.11 Å². The number of pyridine rings is 1. The maximum absolute atomic E-state index is 9.08. The van der Waals surface area contributed by atoms with Gasteiger partial charge in [0.15, 0.2) is 0 Å². The van der Waals surface area contributed by atoms with E-state index in [1.165, 1.54) is 25.1 Å². The molecule has 2 aromatic rings. The lowest BCUT2D eigenvalue weighted by Crippen LogP contribution is -2.31. The average molecular weight is 282 g/mol. The maximum Gasteiger partial charge on any atom is 0.0681 e. The first-order valence-corrected chi connectivity index (χ1v) is 7.61. The van der Waals surface area contributed by atoms with Crippen molar-refractivity contribution in [3.8, 4) is 11.1 Å². The molecule has 0 amide bonds. The molecule has 3 heteroatoms. The highest BCUT2D eigenvalue weighted by Gasteiger charge is 2.19. The number of rotatable bonds is 3. The second-order valence-corrected chi connectivity index (χ2v) is 5.93. The fourth-order valence-corrected chi connectivity index (χ4v) is 3.03. The molecule has 1 aliphatic rings. The third-order valence-corrected chi connectivity index (χ3v) is 4.30. The van der Waals surface area contributed by atoms with E-state index < -0.39 is 0 Å². The number of hydrogen-bond donors (Lipinski definition) is 1. The number of aliphatic hydroxyl groups excluding tert-OH is 1. The van der Waals surface area contributed by atoms with Crippen molar-refractivity contribution in [2.75, 3.05) is 20.1 Å². The number of likely N-dealkylation sites (N-methyl/N-ethyl adjacent to an activating group) is 1. The molecular formula is C18H22N2O. The smallest absolute Gasteiger partial charge is 0.0681 e. The first-order valence-electron chi connectivity index (χ1n) is 7.61. The van der Waals surface area contributed by atoms with Gasteiger partial charge in [0.1, 0.15) is 0 Å².